The Kier molecular flexibility index (Phi) is 10.6. The summed E-state index contributed by atoms with van der Waals surface area (Å²) in [4.78, 5) is 40.0. The van der Waals surface area contributed by atoms with Crippen molar-refractivity contribution < 1.29 is 36.7 Å². The maximum atomic E-state index is 16.1. The molecule has 0 spiro atoms. The number of ether oxygens (including phenoxy) is 1. The third kappa shape index (κ3) is 7.54. The number of rotatable bonds is 10. The minimum atomic E-state index is -4.65. The van der Waals surface area contributed by atoms with Gasteiger partial charge in [0.1, 0.15) is 11.6 Å². The Morgan fingerprint density at radius 3 is 2.30 bits per heavy atom. The highest BCUT2D eigenvalue weighted by molar-refractivity contribution is 6.31. The minimum Gasteiger partial charge on any atom is -0.495 e. The number of carbonyl (C=O) groups excluding carboxylic acids is 3. The van der Waals surface area contributed by atoms with Crippen molar-refractivity contribution in [3.63, 3.8) is 0 Å². The molecule has 13 heteroatoms. The normalized spacial score (nSPS) is 19.7. The van der Waals surface area contributed by atoms with E-state index in [1.54, 1.807) is 38.1 Å². The molecule has 8 nitrogen and oxygen atoms in total. The SMILES string of the molecule is CCc1cccc([C@@H]2C(C(=O)Nc3cc(Cl)ccc3C)[C@H](CC(C)(C)C(F)(F)F)N[C@H]2C(=O)Nc2ccc(C(N)=O)cc2OC)c1F. The average Bonchev–Trinajstić information content (AvgIpc) is 3.37. The number of anilines is 2. The fourth-order valence-corrected chi connectivity index (χ4v) is 6.11. The van der Waals surface area contributed by atoms with E-state index >= 15 is 4.39 Å². The second-order valence-electron chi connectivity index (χ2n) is 12.3. The van der Waals surface area contributed by atoms with E-state index in [0.717, 1.165) is 13.8 Å². The van der Waals surface area contributed by atoms with Gasteiger partial charge in [0, 0.05) is 28.2 Å². The number of carbonyl (C=O) groups is 3. The molecule has 4 rings (SSSR count). The van der Waals surface area contributed by atoms with Gasteiger partial charge in [0.05, 0.1) is 30.2 Å². The van der Waals surface area contributed by atoms with Crippen LogP contribution in [0.1, 0.15) is 60.2 Å². The predicted molar refractivity (Wildman–Crippen MR) is 172 cm³/mol. The molecule has 1 fully saturated rings. The van der Waals surface area contributed by atoms with Gasteiger partial charge in [-0.1, -0.05) is 56.6 Å². The van der Waals surface area contributed by atoms with Gasteiger partial charge in [0.2, 0.25) is 17.7 Å². The van der Waals surface area contributed by atoms with E-state index < -0.39 is 65.5 Å². The molecule has 0 aliphatic carbocycles. The number of aryl methyl sites for hydroxylation is 2. The lowest BCUT2D eigenvalue weighted by Gasteiger charge is -2.33. The number of amides is 3. The van der Waals surface area contributed by atoms with Gasteiger partial charge in [-0.25, -0.2) is 4.39 Å². The van der Waals surface area contributed by atoms with Crippen LogP contribution in [-0.2, 0) is 16.0 Å². The molecule has 0 saturated carbocycles. The van der Waals surface area contributed by atoms with E-state index in [0.29, 0.717) is 28.3 Å². The number of alkyl halides is 3. The van der Waals surface area contributed by atoms with Crippen LogP contribution in [0.15, 0.2) is 54.6 Å². The van der Waals surface area contributed by atoms with E-state index in [-0.39, 0.29) is 22.6 Å². The number of hydrogen-bond donors (Lipinski definition) is 4. The molecule has 5 N–H and O–H groups in total. The monoisotopic (exact) mass is 676 g/mol. The van der Waals surface area contributed by atoms with Crippen molar-refractivity contribution >= 4 is 40.7 Å². The molecule has 4 atom stereocenters. The van der Waals surface area contributed by atoms with E-state index in [1.807, 2.05) is 0 Å². The zero-order chi connectivity index (χ0) is 34.8. The first-order valence-corrected chi connectivity index (χ1v) is 15.3. The Balaban J connectivity index is 1.86. The van der Waals surface area contributed by atoms with Gasteiger partial charge in [-0.2, -0.15) is 13.2 Å². The molecule has 3 aromatic rings. The fraction of sp³-hybridized carbons (Fsp3) is 0.382. The van der Waals surface area contributed by atoms with Crippen LogP contribution in [0.3, 0.4) is 0 Å². The van der Waals surface area contributed by atoms with Crippen LogP contribution in [0.5, 0.6) is 5.75 Å². The van der Waals surface area contributed by atoms with E-state index in [2.05, 4.69) is 16.0 Å². The minimum absolute atomic E-state index is 0.00308. The summed E-state index contributed by atoms with van der Waals surface area (Å²) in [6.07, 6.45) is -4.96. The van der Waals surface area contributed by atoms with Crippen molar-refractivity contribution in [3.05, 3.63) is 87.7 Å². The first kappa shape index (κ1) is 35.7. The standard InChI is InChI=1S/C34H37ClF4N4O4/c1-6-18-8-7-9-21(28(18)36)26-27(31(45)43-23-15-20(35)12-10-17(23)2)24(16-33(3,4)34(37,38)39)41-29(26)32(46)42-22-13-11-19(30(40)44)14-25(22)47-5/h7-15,24,26-27,29,41H,6,16H2,1-5H3,(H2,40,44)(H,42,46)(H,43,45)/t24-,26+,27?,29+/m0/s1. The molecular formula is C34H37ClF4N4O4. The van der Waals surface area contributed by atoms with E-state index in [9.17, 15) is 27.6 Å². The summed E-state index contributed by atoms with van der Waals surface area (Å²) in [7, 11) is 1.31. The predicted octanol–water partition coefficient (Wildman–Crippen LogP) is 6.75. The molecule has 47 heavy (non-hydrogen) atoms. The zero-order valence-electron chi connectivity index (χ0n) is 26.5. The third-order valence-corrected chi connectivity index (χ3v) is 8.94. The lowest BCUT2D eigenvalue weighted by molar-refractivity contribution is -0.216. The smallest absolute Gasteiger partial charge is 0.394 e. The van der Waals surface area contributed by atoms with Crippen LogP contribution in [0.25, 0.3) is 0 Å². The van der Waals surface area contributed by atoms with Crippen LogP contribution in [0.4, 0.5) is 28.9 Å². The highest BCUT2D eigenvalue weighted by Gasteiger charge is 2.56. The average molecular weight is 677 g/mol. The molecule has 1 unspecified atom stereocenters. The second-order valence-corrected chi connectivity index (χ2v) is 12.7. The number of benzene rings is 3. The molecule has 0 bridgehead atoms. The number of primary amides is 1. The number of nitrogens with two attached hydrogens (primary N) is 1. The quantitative estimate of drug-likeness (QED) is 0.177. The first-order chi connectivity index (χ1) is 22.0. The van der Waals surface area contributed by atoms with Crippen molar-refractivity contribution in [1.82, 2.24) is 5.32 Å². The fourth-order valence-electron chi connectivity index (χ4n) is 5.94. The van der Waals surface area contributed by atoms with Gasteiger partial charge in [-0.3, -0.25) is 14.4 Å². The van der Waals surface area contributed by atoms with Crippen LogP contribution < -0.4 is 26.4 Å². The Hall–Kier alpha value is -4.16. The molecule has 1 aliphatic heterocycles. The van der Waals surface area contributed by atoms with Gasteiger partial charge < -0.3 is 26.4 Å². The van der Waals surface area contributed by atoms with Crippen molar-refractivity contribution in [2.24, 2.45) is 17.1 Å². The molecule has 1 heterocycles. The molecule has 1 aliphatic rings. The third-order valence-electron chi connectivity index (χ3n) is 8.71. The summed E-state index contributed by atoms with van der Waals surface area (Å²) < 4.78 is 64.1. The summed E-state index contributed by atoms with van der Waals surface area (Å²) in [5.74, 6) is -5.36. The van der Waals surface area contributed by atoms with Crippen LogP contribution in [0.2, 0.25) is 5.02 Å². The van der Waals surface area contributed by atoms with Crippen molar-refractivity contribution in [3.8, 4) is 5.75 Å². The van der Waals surface area contributed by atoms with Gasteiger partial charge in [-0.15, -0.1) is 0 Å². The van der Waals surface area contributed by atoms with Crippen LogP contribution in [-0.4, -0.2) is 43.1 Å². The van der Waals surface area contributed by atoms with Crippen molar-refractivity contribution in [2.75, 3.05) is 17.7 Å². The molecule has 3 aromatic carbocycles. The summed E-state index contributed by atoms with van der Waals surface area (Å²) in [5.41, 5.74) is 4.59. The molecule has 1 saturated heterocycles. The van der Waals surface area contributed by atoms with Crippen molar-refractivity contribution in [2.45, 2.75) is 64.7 Å². The number of methoxy groups -OCH3 is 1. The Bertz CT molecular complexity index is 1680. The first-order valence-electron chi connectivity index (χ1n) is 14.9. The molecule has 0 radical (unpaired) electrons. The van der Waals surface area contributed by atoms with Gasteiger partial charge in [-0.05, 0) is 66.8 Å². The largest absolute Gasteiger partial charge is 0.495 e. The topological polar surface area (TPSA) is 123 Å². The maximum absolute atomic E-state index is 16.1. The van der Waals surface area contributed by atoms with E-state index in [1.165, 1.54) is 37.4 Å². The summed E-state index contributed by atoms with van der Waals surface area (Å²) in [5, 5.41) is 8.76. The maximum Gasteiger partial charge on any atom is 0.394 e. The van der Waals surface area contributed by atoms with Gasteiger partial charge in [0.25, 0.3) is 0 Å². The van der Waals surface area contributed by atoms with Gasteiger partial charge in [0.15, 0.2) is 0 Å². The molecule has 252 valence electrons. The highest BCUT2D eigenvalue weighted by Crippen LogP contribution is 2.47. The Labute approximate surface area is 275 Å². The van der Waals surface area contributed by atoms with Crippen LogP contribution in [0, 0.1) is 24.1 Å². The van der Waals surface area contributed by atoms with E-state index in [4.69, 9.17) is 22.1 Å². The lowest BCUT2D eigenvalue weighted by Crippen LogP contribution is -2.45. The molecular weight excluding hydrogens is 640 g/mol. The molecule has 3 amide bonds. The Morgan fingerprint density at radius 2 is 1.68 bits per heavy atom. The van der Waals surface area contributed by atoms with Gasteiger partial charge >= 0.3 is 6.18 Å². The number of halogens is 5. The highest BCUT2D eigenvalue weighted by atomic mass is 35.5. The summed E-state index contributed by atoms with van der Waals surface area (Å²) in [6, 6.07) is 10.9. The number of nitrogens with one attached hydrogen (secondary N) is 3. The summed E-state index contributed by atoms with van der Waals surface area (Å²) >= 11 is 6.17. The Morgan fingerprint density at radius 1 is 1.00 bits per heavy atom. The summed E-state index contributed by atoms with van der Waals surface area (Å²) in [6.45, 7) is 5.48. The molecule has 0 aromatic heterocycles. The number of hydrogen-bond acceptors (Lipinski definition) is 5. The van der Waals surface area contributed by atoms with Crippen LogP contribution >= 0.6 is 11.6 Å². The lowest BCUT2D eigenvalue weighted by atomic mass is 9.75. The second kappa shape index (κ2) is 13.9. The zero-order valence-corrected chi connectivity index (χ0v) is 27.3. The van der Waals surface area contributed by atoms with Crippen molar-refractivity contribution in [1.29, 1.82) is 0 Å².